The standard InChI is InChI=1S/C15H23FN2O/c1-4-17-8-9-18(10-11(17)2)14-7-5-6-13(16)15(14)12(3)19/h5-7,11-12,19H,4,8-10H2,1-3H3/t11?,12-/m0/s1. The molecule has 1 aromatic carbocycles. The molecular formula is C15H23FN2O. The number of piperazine rings is 1. The molecule has 0 amide bonds. The summed E-state index contributed by atoms with van der Waals surface area (Å²) in [7, 11) is 0. The molecule has 1 aromatic rings. The molecule has 1 aliphatic rings. The van der Waals surface area contributed by atoms with Gasteiger partial charge in [0.25, 0.3) is 0 Å². The summed E-state index contributed by atoms with van der Waals surface area (Å²) in [5.41, 5.74) is 1.25. The van der Waals surface area contributed by atoms with Gasteiger partial charge in [-0.15, -0.1) is 0 Å². The Morgan fingerprint density at radius 1 is 1.42 bits per heavy atom. The van der Waals surface area contributed by atoms with Crippen LogP contribution in [0.25, 0.3) is 0 Å². The van der Waals surface area contributed by atoms with Gasteiger partial charge in [0.15, 0.2) is 0 Å². The van der Waals surface area contributed by atoms with Crippen LogP contribution in [-0.2, 0) is 0 Å². The number of benzene rings is 1. The monoisotopic (exact) mass is 266 g/mol. The van der Waals surface area contributed by atoms with E-state index in [2.05, 4.69) is 23.6 Å². The largest absolute Gasteiger partial charge is 0.389 e. The first-order chi connectivity index (χ1) is 9.04. The number of rotatable bonds is 3. The van der Waals surface area contributed by atoms with E-state index in [-0.39, 0.29) is 5.82 Å². The zero-order valence-corrected chi connectivity index (χ0v) is 11.9. The molecule has 106 valence electrons. The molecule has 0 saturated carbocycles. The van der Waals surface area contributed by atoms with Crippen molar-refractivity contribution in [1.82, 2.24) is 4.90 Å². The second kappa shape index (κ2) is 5.88. The third-order valence-corrected chi connectivity index (χ3v) is 3.96. The van der Waals surface area contributed by atoms with Gasteiger partial charge in [0.05, 0.1) is 6.10 Å². The molecule has 1 fully saturated rings. The zero-order chi connectivity index (χ0) is 14.0. The predicted molar refractivity (Wildman–Crippen MR) is 76.0 cm³/mol. The summed E-state index contributed by atoms with van der Waals surface area (Å²) < 4.78 is 13.9. The van der Waals surface area contributed by atoms with E-state index >= 15 is 0 Å². The van der Waals surface area contributed by atoms with Crippen LogP contribution in [0.1, 0.15) is 32.4 Å². The van der Waals surface area contributed by atoms with Crippen LogP contribution in [0, 0.1) is 5.82 Å². The van der Waals surface area contributed by atoms with Crippen molar-refractivity contribution in [2.24, 2.45) is 0 Å². The molecule has 0 radical (unpaired) electrons. The van der Waals surface area contributed by atoms with Crippen molar-refractivity contribution in [2.75, 3.05) is 31.1 Å². The Kier molecular flexibility index (Phi) is 4.42. The Morgan fingerprint density at radius 2 is 2.16 bits per heavy atom. The van der Waals surface area contributed by atoms with Crippen LogP contribution in [0.5, 0.6) is 0 Å². The second-order valence-corrected chi connectivity index (χ2v) is 5.27. The van der Waals surface area contributed by atoms with E-state index in [1.807, 2.05) is 6.07 Å². The fourth-order valence-electron chi connectivity index (χ4n) is 2.90. The summed E-state index contributed by atoms with van der Waals surface area (Å²) >= 11 is 0. The molecule has 1 unspecified atom stereocenters. The Labute approximate surface area is 114 Å². The van der Waals surface area contributed by atoms with Gasteiger partial charge >= 0.3 is 0 Å². The Balaban J connectivity index is 2.26. The number of hydrogen-bond donors (Lipinski definition) is 1. The SMILES string of the molecule is CCN1CCN(c2cccc(F)c2[C@H](C)O)CC1C. The van der Waals surface area contributed by atoms with Crippen molar-refractivity contribution < 1.29 is 9.50 Å². The van der Waals surface area contributed by atoms with Crippen molar-refractivity contribution in [2.45, 2.75) is 32.9 Å². The highest BCUT2D eigenvalue weighted by molar-refractivity contribution is 5.55. The number of anilines is 1. The average Bonchev–Trinajstić information content (AvgIpc) is 2.37. The van der Waals surface area contributed by atoms with Crippen LogP contribution in [0.15, 0.2) is 18.2 Å². The molecule has 3 nitrogen and oxygen atoms in total. The summed E-state index contributed by atoms with van der Waals surface area (Å²) in [4.78, 5) is 4.60. The van der Waals surface area contributed by atoms with E-state index in [0.29, 0.717) is 11.6 Å². The zero-order valence-electron chi connectivity index (χ0n) is 11.9. The molecule has 1 N–H and O–H groups in total. The number of hydrogen-bond acceptors (Lipinski definition) is 3. The van der Waals surface area contributed by atoms with Crippen LogP contribution >= 0.6 is 0 Å². The van der Waals surface area contributed by atoms with Crippen LogP contribution in [0.2, 0.25) is 0 Å². The van der Waals surface area contributed by atoms with Crippen molar-refractivity contribution in [1.29, 1.82) is 0 Å². The number of aliphatic hydroxyl groups is 1. The molecule has 4 heteroatoms. The molecule has 0 spiro atoms. The third-order valence-electron chi connectivity index (χ3n) is 3.96. The first-order valence-electron chi connectivity index (χ1n) is 7.00. The lowest BCUT2D eigenvalue weighted by Crippen LogP contribution is -2.52. The quantitative estimate of drug-likeness (QED) is 0.910. The van der Waals surface area contributed by atoms with Crippen molar-refractivity contribution in [3.63, 3.8) is 0 Å². The van der Waals surface area contributed by atoms with E-state index in [1.54, 1.807) is 13.0 Å². The molecule has 0 bridgehead atoms. The summed E-state index contributed by atoms with van der Waals surface area (Å²) in [6, 6.07) is 5.48. The molecule has 0 aromatic heterocycles. The maximum Gasteiger partial charge on any atom is 0.131 e. The van der Waals surface area contributed by atoms with E-state index in [0.717, 1.165) is 31.9 Å². The lowest BCUT2D eigenvalue weighted by atomic mass is 10.0. The maximum atomic E-state index is 13.9. The minimum Gasteiger partial charge on any atom is -0.389 e. The number of aliphatic hydroxyl groups excluding tert-OH is 1. The molecule has 2 rings (SSSR count). The fourth-order valence-corrected chi connectivity index (χ4v) is 2.90. The number of nitrogens with zero attached hydrogens (tertiary/aromatic N) is 2. The highest BCUT2D eigenvalue weighted by atomic mass is 19.1. The van der Waals surface area contributed by atoms with Gasteiger partial charge in [0.2, 0.25) is 0 Å². The van der Waals surface area contributed by atoms with Gasteiger partial charge in [-0.1, -0.05) is 13.0 Å². The second-order valence-electron chi connectivity index (χ2n) is 5.27. The molecule has 2 atom stereocenters. The molecule has 0 aliphatic carbocycles. The third kappa shape index (κ3) is 2.90. The normalized spacial score (nSPS) is 22.6. The van der Waals surface area contributed by atoms with Gasteiger partial charge in [-0.05, 0) is 32.5 Å². The fraction of sp³-hybridized carbons (Fsp3) is 0.600. The van der Waals surface area contributed by atoms with E-state index in [1.165, 1.54) is 6.07 Å². The summed E-state index contributed by atoms with van der Waals surface area (Å²) in [5, 5.41) is 9.80. The van der Waals surface area contributed by atoms with Gasteiger partial charge in [-0.2, -0.15) is 0 Å². The number of halogens is 1. The van der Waals surface area contributed by atoms with Gasteiger partial charge in [-0.3, -0.25) is 4.90 Å². The molecule has 1 saturated heterocycles. The summed E-state index contributed by atoms with van der Waals surface area (Å²) in [6.45, 7) is 9.74. The predicted octanol–water partition coefficient (Wildman–Crippen LogP) is 2.41. The minimum absolute atomic E-state index is 0.321. The Hall–Kier alpha value is -1.13. The molecule has 1 aliphatic heterocycles. The maximum absolute atomic E-state index is 13.9. The van der Waals surface area contributed by atoms with Crippen LogP contribution in [0.3, 0.4) is 0 Å². The molecular weight excluding hydrogens is 243 g/mol. The van der Waals surface area contributed by atoms with E-state index in [4.69, 9.17) is 0 Å². The lowest BCUT2D eigenvalue weighted by molar-refractivity contribution is 0.189. The highest BCUT2D eigenvalue weighted by Crippen LogP contribution is 2.30. The van der Waals surface area contributed by atoms with Crippen LogP contribution in [0.4, 0.5) is 10.1 Å². The smallest absolute Gasteiger partial charge is 0.131 e. The topological polar surface area (TPSA) is 26.7 Å². The minimum atomic E-state index is -0.782. The first-order valence-corrected chi connectivity index (χ1v) is 7.00. The lowest BCUT2D eigenvalue weighted by Gasteiger charge is -2.41. The van der Waals surface area contributed by atoms with E-state index < -0.39 is 6.10 Å². The Morgan fingerprint density at radius 3 is 2.74 bits per heavy atom. The van der Waals surface area contributed by atoms with Gasteiger partial charge in [0, 0.05) is 36.9 Å². The van der Waals surface area contributed by atoms with Crippen molar-refractivity contribution in [3.8, 4) is 0 Å². The van der Waals surface area contributed by atoms with Gasteiger partial charge in [0.1, 0.15) is 5.82 Å². The van der Waals surface area contributed by atoms with Gasteiger partial charge in [-0.25, -0.2) is 4.39 Å². The molecule has 1 heterocycles. The Bertz CT molecular complexity index is 436. The van der Waals surface area contributed by atoms with Crippen molar-refractivity contribution >= 4 is 5.69 Å². The molecule has 19 heavy (non-hydrogen) atoms. The summed E-state index contributed by atoms with van der Waals surface area (Å²) in [5.74, 6) is -0.321. The van der Waals surface area contributed by atoms with Crippen LogP contribution < -0.4 is 4.90 Å². The average molecular weight is 266 g/mol. The van der Waals surface area contributed by atoms with Crippen molar-refractivity contribution in [3.05, 3.63) is 29.6 Å². The summed E-state index contributed by atoms with van der Waals surface area (Å²) in [6.07, 6.45) is -0.782. The number of likely N-dealkylation sites (N-methyl/N-ethyl adjacent to an activating group) is 1. The van der Waals surface area contributed by atoms with E-state index in [9.17, 15) is 9.50 Å². The van der Waals surface area contributed by atoms with Crippen LogP contribution in [-0.4, -0.2) is 42.2 Å². The highest BCUT2D eigenvalue weighted by Gasteiger charge is 2.25. The van der Waals surface area contributed by atoms with Gasteiger partial charge < -0.3 is 10.0 Å². The first kappa shape index (κ1) is 14.3.